The van der Waals surface area contributed by atoms with Gasteiger partial charge in [-0.05, 0) is 5.92 Å². The molecule has 0 aliphatic heterocycles. The number of hydrogen-bond acceptors (Lipinski definition) is 4. The molecule has 2 aromatic heterocycles. The quantitative estimate of drug-likeness (QED) is 0.747. The van der Waals surface area contributed by atoms with Crippen molar-refractivity contribution in [2.75, 3.05) is 11.1 Å². The van der Waals surface area contributed by atoms with E-state index >= 15 is 0 Å². The van der Waals surface area contributed by atoms with Gasteiger partial charge in [-0.1, -0.05) is 13.8 Å². The summed E-state index contributed by atoms with van der Waals surface area (Å²) in [7, 11) is 1.89. The van der Waals surface area contributed by atoms with E-state index in [2.05, 4.69) is 34.5 Å². The zero-order chi connectivity index (χ0) is 12.4. The molecule has 0 saturated carbocycles. The molecule has 2 aromatic rings. The molecule has 0 fully saturated rings. The number of nitrogens with zero attached hydrogens (tertiary/aromatic N) is 3. The molecule has 0 aliphatic rings. The summed E-state index contributed by atoms with van der Waals surface area (Å²) in [5.41, 5.74) is 8.82. The maximum absolute atomic E-state index is 6.08. The Bertz CT molecular complexity index is 482. The number of hydrogen-bond donors (Lipinski definition) is 3. The summed E-state index contributed by atoms with van der Waals surface area (Å²) < 4.78 is 1.78. The molecule has 0 aliphatic carbocycles. The van der Waals surface area contributed by atoms with Crippen molar-refractivity contribution in [2.24, 2.45) is 7.05 Å². The van der Waals surface area contributed by atoms with Crippen LogP contribution in [-0.2, 0) is 13.6 Å². The third-order valence-electron chi connectivity index (χ3n) is 2.67. The van der Waals surface area contributed by atoms with Gasteiger partial charge < -0.3 is 11.1 Å². The van der Waals surface area contributed by atoms with Crippen molar-refractivity contribution in [1.29, 1.82) is 0 Å². The van der Waals surface area contributed by atoms with Gasteiger partial charge in [-0.3, -0.25) is 9.78 Å². The molecule has 2 rings (SSSR count). The maximum Gasteiger partial charge on any atom is 0.148 e. The van der Waals surface area contributed by atoms with Gasteiger partial charge in [-0.2, -0.15) is 10.2 Å². The summed E-state index contributed by atoms with van der Waals surface area (Å²) >= 11 is 0. The summed E-state index contributed by atoms with van der Waals surface area (Å²) in [6, 6.07) is 0. The standard InChI is InChI=1S/C11H18N6/c1-7(2)10-9(12)11(17(3)16-10)13-4-8-5-14-15-6-8/h5-7,13H,4,12H2,1-3H3,(H,14,15). The molecule has 6 nitrogen and oxygen atoms in total. The van der Waals surface area contributed by atoms with Crippen molar-refractivity contribution in [3.05, 3.63) is 23.7 Å². The zero-order valence-corrected chi connectivity index (χ0v) is 10.4. The second-order valence-corrected chi connectivity index (χ2v) is 4.39. The highest BCUT2D eigenvalue weighted by Crippen LogP contribution is 2.27. The molecule has 0 aromatic carbocycles. The number of rotatable bonds is 4. The molecule has 17 heavy (non-hydrogen) atoms. The van der Waals surface area contributed by atoms with Gasteiger partial charge >= 0.3 is 0 Å². The van der Waals surface area contributed by atoms with Crippen LogP contribution >= 0.6 is 0 Å². The maximum atomic E-state index is 6.08. The highest BCUT2D eigenvalue weighted by Gasteiger charge is 2.15. The van der Waals surface area contributed by atoms with Crippen molar-refractivity contribution in [3.8, 4) is 0 Å². The highest BCUT2D eigenvalue weighted by atomic mass is 15.3. The minimum absolute atomic E-state index is 0.325. The molecule has 6 heteroatoms. The van der Waals surface area contributed by atoms with Gasteiger partial charge in [0.1, 0.15) is 5.82 Å². The number of nitrogens with one attached hydrogen (secondary N) is 2. The minimum atomic E-state index is 0.325. The molecule has 4 N–H and O–H groups in total. The predicted octanol–water partition coefficient (Wildman–Crippen LogP) is 1.46. The Labute approximate surface area is 100 Å². The van der Waals surface area contributed by atoms with Crippen LogP contribution in [0, 0.1) is 0 Å². The van der Waals surface area contributed by atoms with Crippen molar-refractivity contribution in [1.82, 2.24) is 20.0 Å². The Balaban J connectivity index is 2.15. The van der Waals surface area contributed by atoms with Gasteiger partial charge in [-0.25, -0.2) is 0 Å². The van der Waals surface area contributed by atoms with E-state index in [0.29, 0.717) is 12.5 Å². The summed E-state index contributed by atoms with van der Waals surface area (Å²) in [4.78, 5) is 0. The van der Waals surface area contributed by atoms with E-state index < -0.39 is 0 Å². The highest BCUT2D eigenvalue weighted by molar-refractivity contribution is 5.65. The summed E-state index contributed by atoms with van der Waals surface area (Å²) in [5, 5.41) is 14.4. The van der Waals surface area contributed by atoms with E-state index in [9.17, 15) is 0 Å². The lowest BCUT2D eigenvalue weighted by molar-refractivity contribution is 0.715. The smallest absolute Gasteiger partial charge is 0.148 e. The van der Waals surface area contributed by atoms with Crippen molar-refractivity contribution in [2.45, 2.75) is 26.3 Å². The van der Waals surface area contributed by atoms with Crippen molar-refractivity contribution < 1.29 is 0 Å². The molecule has 0 radical (unpaired) electrons. The normalized spacial score (nSPS) is 11.1. The molecule has 0 bridgehead atoms. The van der Waals surface area contributed by atoms with Gasteiger partial charge in [0.25, 0.3) is 0 Å². The van der Waals surface area contributed by atoms with Crippen molar-refractivity contribution in [3.63, 3.8) is 0 Å². The van der Waals surface area contributed by atoms with Crippen molar-refractivity contribution >= 4 is 11.5 Å². The van der Waals surface area contributed by atoms with E-state index in [1.165, 1.54) is 0 Å². The Morgan fingerprint density at radius 3 is 2.82 bits per heavy atom. The SMILES string of the molecule is CC(C)c1nn(C)c(NCc2cn[nH]c2)c1N. The minimum Gasteiger partial charge on any atom is -0.394 e. The van der Waals surface area contributed by atoms with E-state index in [4.69, 9.17) is 5.73 Å². The van der Waals surface area contributed by atoms with Gasteiger partial charge in [0, 0.05) is 25.4 Å². The number of aromatic nitrogens is 4. The van der Waals surface area contributed by atoms with Crippen LogP contribution in [0.1, 0.15) is 31.0 Å². The van der Waals surface area contributed by atoms with Crippen LogP contribution in [0.3, 0.4) is 0 Å². The fourth-order valence-electron chi connectivity index (χ4n) is 1.76. The van der Waals surface area contributed by atoms with Gasteiger partial charge in [-0.15, -0.1) is 0 Å². The first-order valence-electron chi connectivity index (χ1n) is 5.63. The van der Waals surface area contributed by atoms with Crippen LogP contribution in [0.15, 0.2) is 12.4 Å². The van der Waals surface area contributed by atoms with Crippen LogP contribution in [0.5, 0.6) is 0 Å². The van der Waals surface area contributed by atoms with Crippen LogP contribution in [0.25, 0.3) is 0 Å². The van der Waals surface area contributed by atoms with Crippen LogP contribution in [0.4, 0.5) is 11.5 Å². The van der Waals surface area contributed by atoms with Crippen LogP contribution in [0.2, 0.25) is 0 Å². The third kappa shape index (κ3) is 2.25. The fraction of sp³-hybridized carbons (Fsp3) is 0.455. The van der Waals surface area contributed by atoms with Crippen LogP contribution < -0.4 is 11.1 Å². The molecule has 0 amide bonds. The molecular formula is C11H18N6. The van der Waals surface area contributed by atoms with Gasteiger partial charge in [0.15, 0.2) is 0 Å². The lowest BCUT2D eigenvalue weighted by Gasteiger charge is -2.06. The zero-order valence-electron chi connectivity index (χ0n) is 10.4. The Hall–Kier alpha value is -1.98. The average Bonchev–Trinajstić information content (AvgIpc) is 2.86. The van der Waals surface area contributed by atoms with E-state index in [1.54, 1.807) is 10.9 Å². The number of nitrogen functional groups attached to an aromatic ring is 1. The van der Waals surface area contributed by atoms with E-state index in [-0.39, 0.29) is 0 Å². The number of aryl methyl sites for hydroxylation is 1. The molecular weight excluding hydrogens is 216 g/mol. The average molecular weight is 234 g/mol. The summed E-state index contributed by atoms with van der Waals surface area (Å²) in [5.74, 6) is 1.18. The molecule has 0 spiro atoms. The second-order valence-electron chi connectivity index (χ2n) is 4.39. The molecule has 92 valence electrons. The molecule has 0 atom stereocenters. The Morgan fingerprint density at radius 2 is 2.29 bits per heavy atom. The lowest BCUT2D eigenvalue weighted by Crippen LogP contribution is -2.05. The monoisotopic (exact) mass is 234 g/mol. The largest absolute Gasteiger partial charge is 0.394 e. The Morgan fingerprint density at radius 1 is 1.53 bits per heavy atom. The first kappa shape index (κ1) is 11.5. The second kappa shape index (κ2) is 4.48. The molecule has 2 heterocycles. The number of anilines is 2. The van der Waals surface area contributed by atoms with Gasteiger partial charge in [0.05, 0.1) is 17.6 Å². The molecule has 0 unspecified atom stereocenters. The predicted molar refractivity (Wildman–Crippen MR) is 67.6 cm³/mol. The summed E-state index contributed by atoms with van der Waals surface area (Å²) in [6.45, 7) is 4.84. The molecule has 0 saturated heterocycles. The topological polar surface area (TPSA) is 84.5 Å². The number of nitrogens with two attached hydrogens (primary N) is 1. The van der Waals surface area contributed by atoms with Crippen LogP contribution in [-0.4, -0.2) is 20.0 Å². The summed E-state index contributed by atoms with van der Waals surface area (Å²) in [6.07, 6.45) is 3.63. The Kier molecular flexibility index (Phi) is 3.03. The van der Waals surface area contributed by atoms with E-state index in [1.807, 2.05) is 13.2 Å². The first-order valence-corrected chi connectivity index (χ1v) is 5.63. The fourth-order valence-corrected chi connectivity index (χ4v) is 1.76. The third-order valence-corrected chi connectivity index (χ3v) is 2.67. The lowest BCUT2D eigenvalue weighted by atomic mass is 10.1. The van der Waals surface area contributed by atoms with E-state index in [0.717, 1.165) is 22.8 Å². The number of aromatic amines is 1. The first-order chi connectivity index (χ1) is 8.09. The van der Waals surface area contributed by atoms with Gasteiger partial charge in [0.2, 0.25) is 0 Å². The number of H-pyrrole nitrogens is 1.